The van der Waals surface area contributed by atoms with Gasteiger partial charge in [0.25, 0.3) is 5.91 Å². The van der Waals surface area contributed by atoms with Crippen molar-refractivity contribution in [3.8, 4) is 0 Å². The van der Waals surface area contributed by atoms with Gasteiger partial charge in [0.15, 0.2) is 0 Å². The Kier molecular flexibility index (Phi) is 4.90. The number of rotatable bonds is 3. The van der Waals surface area contributed by atoms with Gasteiger partial charge in [0.2, 0.25) is 0 Å². The fraction of sp³-hybridized carbons (Fsp3) is 0.316. The van der Waals surface area contributed by atoms with Crippen molar-refractivity contribution in [1.82, 2.24) is 9.80 Å². The fourth-order valence-corrected chi connectivity index (χ4v) is 3.04. The minimum absolute atomic E-state index is 0.0691. The Labute approximate surface area is 140 Å². The van der Waals surface area contributed by atoms with Crippen LogP contribution in [0.25, 0.3) is 0 Å². The maximum atomic E-state index is 13.3. The van der Waals surface area contributed by atoms with Gasteiger partial charge in [0.05, 0.1) is 0 Å². The van der Waals surface area contributed by atoms with Gasteiger partial charge in [0.1, 0.15) is 11.6 Å². The molecule has 0 unspecified atom stereocenters. The van der Waals surface area contributed by atoms with E-state index in [-0.39, 0.29) is 11.5 Å². The van der Waals surface area contributed by atoms with E-state index >= 15 is 0 Å². The van der Waals surface area contributed by atoms with Crippen molar-refractivity contribution < 1.29 is 13.6 Å². The monoisotopic (exact) mass is 330 g/mol. The first-order chi connectivity index (χ1) is 11.5. The van der Waals surface area contributed by atoms with E-state index in [1.54, 1.807) is 4.90 Å². The van der Waals surface area contributed by atoms with Crippen molar-refractivity contribution in [2.45, 2.75) is 13.5 Å². The Hall–Kier alpha value is -2.27. The zero-order valence-electron chi connectivity index (χ0n) is 13.6. The van der Waals surface area contributed by atoms with Crippen LogP contribution in [0.3, 0.4) is 0 Å². The summed E-state index contributed by atoms with van der Waals surface area (Å²) in [5.41, 5.74) is 2.55. The minimum Gasteiger partial charge on any atom is -0.336 e. The number of benzene rings is 2. The van der Waals surface area contributed by atoms with Crippen LogP contribution in [0.4, 0.5) is 8.78 Å². The van der Waals surface area contributed by atoms with Crippen molar-refractivity contribution in [1.29, 1.82) is 0 Å². The van der Waals surface area contributed by atoms with Crippen LogP contribution in [-0.4, -0.2) is 41.9 Å². The average Bonchev–Trinajstić information content (AvgIpc) is 2.54. The maximum Gasteiger partial charge on any atom is 0.254 e. The van der Waals surface area contributed by atoms with Crippen molar-refractivity contribution >= 4 is 5.91 Å². The zero-order valence-corrected chi connectivity index (χ0v) is 13.6. The lowest BCUT2D eigenvalue weighted by Gasteiger charge is -2.34. The number of nitrogens with zero attached hydrogens (tertiary/aromatic N) is 2. The lowest BCUT2D eigenvalue weighted by Crippen LogP contribution is -2.48. The molecule has 0 radical (unpaired) electrons. The van der Waals surface area contributed by atoms with Crippen molar-refractivity contribution in [2.24, 2.45) is 0 Å². The molecule has 2 aromatic rings. The van der Waals surface area contributed by atoms with Gasteiger partial charge in [-0.2, -0.15) is 0 Å². The van der Waals surface area contributed by atoms with Gasteiger partial charge >= 0.3 is 0 Å². The lowest BCUT2D eigenvalue weighted by molar-refractivity contribution is 0.0627. The van der Waals surface area contributed by atoms with Crippen LogP contribution >= 0.6 is 0 Å². The molecule has 2 aromatic carbocycles. The largest absolute Gasteiger partial charge is 0.336 e. The van der Waals surface area contributed by atoms with Crippen molar-refractivity contribution in [3.63, 3.8) is 0 Å². The van der Waals surface area contributed by atoms with E-state index in [9.17, 15) is 13.6 Å². The van der Waals surface area contributed by atoms with Crippen LogP contribution in [0, 0.1) is 18.6 Å². The van der Waals surface area contributed by atoms with Gasteiger partial charge in [0, 0.05) is 44.4 Å². The molecule has 0 bridgehead atoms. The molecule has 24 heavy (non-hydrogen) atoms. The van der Waals surface area contributed by atoms with E-state index in [0.717, 1.165) is 37.8 Å². The van der Waals surface area contributed by atoms with E-state index in [4.69, 9.17) is 0 Å². The standard InChI is InChI=1S/C19H20F2N2O/c1-14-3-2-4-15(9-14)13-22-5-7-23(8-6-22)19(24)16-10-17(20)12-18(21)11-16/h2-4,9-12H,5-8,13H2,1H3. The Morgan fingerprint density at radius 2 is 1.67 bits per heavy atom. The number of carbonyl (C=O) groups is 1. The number of hydrogen-bond donors (Lipinski definition) is 0. The quantitative estimate of drug-likeness (QED) is 0.863. The lowest BCUT2D eigenvalue weighted by atomic mass is 10.1. The Balaban J connectivity index is 1.59. The SMILES string of the molecule is Cc1cccc(CN2CCN(C(=O)c3cc(F)cc(F)c3)CC2)c1. The molecule has 3 rings (SSSR count). The summed E-state index contributed by atoms with van der Waals surface area (Å²) in [6.45, 7) is 5.52. The molecule has 0 saturated carbocycles. The summed E-state index contributed by atoms with van der Waals surface area (Å²) < 4.78 is 26.5. The second-order valence-electron chi connectivity index (χ2n) is 6.22. The summed E-state index contributed by atoms with van der Waals surface area (Å²) in [4.78, 5) is 16.3. The molecule has 0 atom stereocenters. The molecule has 1 aliphatic rings. The van der Waals surface area contributed by atoms with E-state index in [1.165, 1.54) is 11.1 Å². The summed E-state index contributed by atoms with van der Waals surface area (Å²) >= 11 is 0. The molecular weight excluding hydrogens is 310 g/mol. The fourth-order valence-electron chi connectivity index (χ4n) is 3.04. The first-order valence-electron chi connectivity index (χ1n) is 8.04. The summed E-state index contributed by atoms with van der Waals surface area (Å²) in [5, 5.41) is 0. The maximum absolute atomic E-state index is 13.3. The normalized spacial score (nSPS) is 15.5. The molecule has 5 heteroatoms. The smallest absolute Gasteiger partial charge is 0.254 e. The molecule has 0 N–H and O–H groups in total. The van der Waals surface area contributed by atoms with Gasteiger partial charge < -0.3 is 4.90 Å². The second-order valence-corrected chi connectivity index (χ2v) is 6.22. The molecule has 1 aliphatic heterocycles. The van der Waals surface area contributed by atoms with E-state index < -0.39 is 11.6 Å². The first-order valence-corrected chi connectivity index (χ1v) is 8.04. The predicted octanol–water partition coefficient (Wildman–Crippen LogP) is 3.23. The second kappa shape index (κ2) is 7.09. The van der Waals surface area contributed by atoms with Crippen LogP contribution in [-0.2, 0) is 6.54 Å². The molecule has 1 heterocycles. The Morgan fingerprint density at radius 1 is 1.00 bits per heavy atom. The van der Waals surface area contributed by atoms with E-state index in [0.29, 0.717) is 13.1 Å². The molecule has 126 valence electrons. The van der Waals surface area contributed by atoms with Gasteiger partial charge in [-0.25, -0.2) is 8.78 Å². The third-order valence-electron chi connectivity index (χ3n) is 4.26. The third kappa shape index (κ3) is 3.97. The Bertz CT molecular complexity index is 720. The summed E-state index contributed by atoms with van der Waals surface area (Å²) in [7, 11) is 0. The summed E-state index contributed by atoms with van der Waals surface area (Å²) in [6.07, 6.45) is 0. The highest BCUT2D eigenvalue weighted by molar-refractivity contribution is 5.94. The van der Waals surface area contributed by atoms with Gasteiger partial charge in [-0.1, -0.05) is 29.8 Å². The van der Waals surface area contributed by atoms with Crippen LogP contribution in [0.2, 0.25) is 0 Å². The molecule has 3 nitrogen and oxygen atoms in total. The molecule has 1 fully saturated rings. The number of carbonyl (C=O) groups excluding carboxylic acids is 1. The summed E-state index contributed by atoms with van der Waals surface area (Å²) in [6, 6.07) is 11.3. The molecule has 0 aliphatic carbocycles. The van der Waals surface area contributed by atoms with Crippen molar-refractivity contribution in [3.05, 3.63) is 70.8 Å². The number of piperazine rings is 1. The molecule has 1 saturated heterocycles. The van der Waals surface area contributed by atoms with Gasteiger partial charge in [-0.3, -0.25) is 9.69 Å². The van der Waals surface area contributed by atoms with Crippen LogP contribution in [0.5, 0.6) is 0 Å². The average molecular weight is 330 g/mol. The highest BCUT2D eigenvalue weighted by Crippen LogP contribution is 2.14. The first kappa shape index (κ1) is 16.6. The van der Waals surface area contributed by atoms with E-state index in [1.807, 2.05) is 6.07 Å². The number of halogens is 2. The predicted molar refractivity (Wildman–Crippen MR) is 88.7 cm³/mol. The molecule has 0 spiro atoms. The Morgan fingerprint density at radius 3 is 2.29 bits per heavy atom. The summed E-state index contributed by atoms with van der Waals surface area (Å²) in [5.74, 6) is -1.77. The van der Waals surface area contributed by atoms with Crippen LogP contribution < -0.4 is 0 Å². The number of aryl methyl sites for hydroxylation is 1. The van der Waals surface area contributed by atoms with E-state index in [2.05, 4.69) is 30.0 Å². The number of amides is 1. The van der Waals surface area contributed by atoms with Crippen molar-refractivity contribution in [2.75, 3.05) is 26.2 Å². The van der Waals surface area contributed by atoms with Crippen LogP contribution in [0.15, 0.2) is 42.5 Å². The zero-order chi connectivity index (χ0) is 17.1. The molecule has 1 amide bonds. The highest BCUT2D eigenvalue weighted by Gasteiger charge is 2.23. The number of hydrogen-bond acceptors (Lipinski definition) is 2. The molecule has 0 aromatic heterocycles. The third-order valence-corrected chi connectivity index (χ3v) is 4.26. The highest BCUT2D eigenvalue weighted by atomic mass is 19.1. The van der Waals surface area contributed by atoms with Crippen LogP contribution in [0.1, 0.15) is 21.5 Å². The minimum atomic E-state index is -0.726. The van der Waals surface area contributed by atoms with Gasteiger partial charge in [-0.05, 0) is 24.6 Å². The topological polar surface area (TPSA) is 23.6 Å². The molecular formula is C19H20F2N2O. The van der Waals surface area contributed by atoms with Gasteiger partial charge in [-0.15, -0.1) is 0 Å².